The molecule has 0 saturated heterocycles. The zero-order chi connectivity index (χ0) is 15.6. The fourth-order valence-electron chi connectivity index (χ4n) is 1.64. The Morgan fingerprint density at radius 1 is 1.10 bits per heavy atom. The summed E-state index contributed by atoms with van der Waals surface area (Å²) in [5.41, 5.74) is -0.195. The largest absolute Gasteiger partial charge is 0.496 e. The van der Waals surface area contributed by atoms with Gasteiger partial charge in [0.25, 0.3) is 10.0 Å². The third-order valence-electron chi connectivity index (χ3n) is 2.55. The standard InChI is InChI=1S/C13H10BrF2NO3S/c1-20-13-3-2-11(7-12(13)14)21(18,19)17-10-5-8(15)4-9(16)6-10/h2-7,17H,1H3. The van der Waals surface area contributed by atoms with Crippen molar-refractivity contribution in [2.75, 3.05) is 11.8 Å². The van der Waals surface area contributed by atoms with Crippen LogP contribution in [0.5, 0.6) is 5.75 Å². The maximum atomic E-state index is 13.1. The Balaban J connectivity index is 2.36. The predicted octanol–water partition coefficient (Wildman–Crippen LogP) is 3.54. The van der Waals surface area contributed by atoms with Crippen LogP contribution in [-0.4, -0.2) is 15.5 Å². The Morgan fingerprint density at radius 3 is 2.24 bits per heavy atom. The number of rotatable bonds is 4. The number of nitrogens with one attached hydrogen (secondary N) is 1. The molecule has 0 heterocycles. The SMILES string of the molecule is COc1ccc(S(=O)(=O)Nc2cc(F)cc(F)c2)cc1Br. The molecule has 0 aliphatic rings. The normalized spacial score (nSPS) is 11.2. The highest BCUT2D eigenvalue weighted by molar-refractivity contribution is 9.10. The zero-order valence-electron chi connectivity index (χ0n) is 10.7. The quantitative estimate of drug-likeness (QED) is 0.886. The molecule has 0 saturated carbocycles. The van der Waals surface area contributed by atoms with E-state index in [0.717, 1.165) is 12.1 Å². The van der Waals surface area contributed by atoms with E-state index in [-0.39, 0.29) is 10.6 Å². The van der Waals surface area contributed by atoms with E-state index in [9.17, 15) is 17.2 Å². The summed E-state index contributed by atoms with van der Waals surface area (Å²) >= 11 is 3.17. The topological polar surface area (TPSA) is 55.4 Å². The molecule has 0 aliphatic heterocycles. The number of methoxy groups -OCH3 is 1. The lowest BCUT2D eigenvalue weighted by Gasteiger charge is -2.10. The van der Waals surface area contributed by atoms with Crippen molar-refractivity contribution in [2.24, 2.45) is 0 Å². The van der Waals surface area contributed by atoms with E-state index in [1.165, 1.54) is 25.3 Å². The van der Waals surface area contributed by atoms with Gasteiger partial charge in [0.2, 0.25) is 0 Å². The van der Waals surface area contributed by atoms with Crippen molar-refractivity contribution in [1.29, 1.82) is 0 Å². The molecular weight excluding hydrogens is 368 g/mol. The zero-order valence-corrected chi connectivity index (χ0v) is 13.1. The van der Waals surface area contributed by atoms with Crippen LogP contribution in [0.15, 0.2) is 45.8 Å². The molecule has 2 aromatic carbocycles. The summed E-state index contributed by atoms with van der Waals surface area (Å²) in [6, 6.07) is 6.55. The van der Waals surface area contributed by atoms with Crippen LogP contribution < -0.4 is 9.46 Å². The molecule has 112 valence electrons. The monoisotopic (exact) mass is 377 g/mol. The van der Waals surface area contributed by atoms with Gasteiger partial charge >= 0.3 is 0 Å². The van der Waals surface area contributed by atoms with E-state index in [0.29, 0.717) is 16.3 Å². The van der Waals surface area contributed by atoms with Gasteiger partial charge in [0.15, 0.2) is 0 Å². The van der Waals surface area contributed by atoms with E-state index in [4.69, 9.17) is 4.74 Å². The Hall–Kier alpha value is -1.67. The van der Waals surface area contributed by atoms with Crippen LogP contribution in [-0.2, 0) is 10.0 Å². The van der Waals surface area contributed by atoms with Crippen molar-refractivity contribution in [3.63, 3.8) is 0 Å². The second kappa shape index (κ2) is 5.98. The molecule has 0 amide bonds. The van der Waals surface area contributed by atoms with Gasteiger partial charge in [-0.25, -0.2) is 17.2 Å². The van der Waals surface area contributed by atoms with Crippen LogP contribution >= 0.6 is 15.9 Å². The first kappa shape index (κ1) is 15.7. The van der Waals surface area contributed by atoms with Gasteiger partial charge in [0.05, 0.1) is 22.2 Å². The fraction of sp³-hybridized carbons (Fsp3) is 0.0769. The molecule has 4 nitrogen and oxygen atoms in total. The summed E-state index contributed by atoms with van der Waals surface area (Å²) in [4.78, 5) is -0.0696. The van der Waals surface area contributed by atoms with Gasteiger partial charge in [-0.05, 0) is 46.3 Å². The number of hydrogen-bond donors (Lipinski definition) is 1. The first-order valence-corrected chi connectivity index (χ1v) is 7.92. The Labute approximate surface area is 128 Å². The summed E-state index contributed by atoms with van der Waals surface area (Å²) in [7, 11) is -2.52. The molecule has 0 aliphatic carbocycles. The maximum Gasteiger partial charge on any atom is 0.261 e. The van der Waals surface area contributed by atoms with Crippen molar-refractivity contribution in [2.45, 2.75) is 4.90 Å². The van der Waals surface area contributed by atoms with Crippen molar-refractivity contribution in [3.8, 4) is 5.75 Å². The third-order valence-corrected chi connectivity index (χ3v) is 4.55. The van der Waals surface area contributed by atoms with E-state index >= 15 is 0 Å². The molecular formula is C13H10BrF2NO3S. The Kier molecular flexibility index (Phi) is 4.48. The van der Waals surface area contributed by atoms with Gasteiger partial charge < -0.3 is 4.74 Å². The number of ether oxygens (including phenoxy) is 1. The number of halogens is 3. The minimum absolute atomic E-state index is 0.0696. The average Bonchev–Trinajstić information content (AvgIpc) is 2.36. The Bertz CT molecular complexity index is 761. The van der Waals surface area contributed by atoms with Crippen LogP contribution in [0, 0.1) is 11.6 Å². The van der Waals surface area contributed by atoms with E-state index in [1.54, 1.807) is 0 Å². The molecule has 0 radical (unpaired) electrons. The number of benzene rings is 2. The molecule has 1 N–H and O–H groups in total. The molecule has 0 unspecified atom stereocenters. The van der Waals surface area contributed by atoms with Gasteiger partial charge in [0, 0.05) is 6.07 Å². The second-order valence-electron chi connectivity index (χ2n) is 4.06. The highest BCUT2D eigenvalue weighted by atomic mass is 79.9. The molecule has 0 spiro atoms. The summed E-state index contributed by atoms with van der Waals surface area (Å²) in [5.74, 6) is -1.28. The van der Waals surface area contributed by atoms with Crippen LogP contribution in [0.2, 0.25) is 0 Å². The molecule has 21 heavy (non-hydrogen) atoms. The summed E-state index contributed by atoms with van der Waals surface area (Å²) in [6.07, 6.45) is 0. The van der Waals surface area contributed by atoms with Crippen LogP contribution in [0.1, 0.15) is 0 Å². The molecule has 8 heteroatoms. The van der Waals surface area contributed by atoms with E-state index < -0.39 is 21.7 Å². The average molecular weight is 378 g/mol. The van der Waals surface area contributed by atoms with Gasteiger partial charge in [-0.3, -0.25) is 4.72 Å². The molecule has 2 aromatic rings. The van der Waals surface area contributed by atoms with Crippen molar-refractivity contribution in [1.82, 2.24) is 0 Å². The third kappa shape index (κ3) is 3.70. The fourth-order valence-corrected chi connectivity index (χ4v) is 3.40. The van der Waals surface area contributed by atoms with E-state index in [1.807, 2.05) is 0 Å². The first-order valence-electron chi connectivity index (χ1n) is 5.64. The van der Waals surface area contributed by atoms with Gasteiger partial charge in [0.1, 0.15) is 17.4 Å². The Morgan fingerprint density at radius 2 is 1.71 bits per heavy atom. The summed E-state index contributed by atoms with van der Waals surface area (Å²) < 4.78 is 58.0. The van der Waals surface area contributed by atoms with Gasteiger partial charge in [-0.15, -0.1) is 0 Å². The number of anilines is 1. The molecule has 0 bridgehead atoms. The molecule has 0 fully saturated rings. The smallest absolute Gasteiger partial charge is 0.261 e. The van der Waals surface area contributed by atoms with Gasteiger partial charge in [-0.2, -0.15) is 0 Å². The molecule has 0 atom stereocenters. The van der Waals surface area contributed by atoms with Gasteiger partial charge in [-0.1, -0.05) is 0 Å². The molecule has 0 aromatic heterocycles. The van der Waals surface area contributed by atoms with Crippen LogP contribution in [0.3, 0.4) is 0 Å². The second-order valence-corrected chi connectivity index (χ2v) is 6.60. The minimum atomic E-state index is -3.96. The molecule has 2 rings (SSSR count). The first-order chi connectivity index (χ1) is 9.81. The highest BCUT2D eigenvalue weighted by Gasteiger charge is 2.17. The number of sulfonamides is 1. The van der Waals surface area contributed by atoms with Crippen molar-refractivity contribution in [3.05, 3.63) is 52.5 Å². The lowest BCUT2D eigenvalue weighted by molar-refractivity contribution is 0.411. The lowest BCUT2D eigenvalue weighted by Crippen LogP contribution is -2.13. The van der Waals surface area contributed by atoms with Crippen molar-refractivity contribution >= 4 is 31.6 Å². The maximum absolute atomic E-state index is 13.1. The minimum Gasteiger partial charge on any atom is -0.496 e. The lowest BCUT2D eigenvalue weighted by atomic mass is 10.3. The predicted molar refractivity (Wildman–Crippen MR) is 77.9 cm³/mol. The summed E-state index contributed by atoms with van der Waals surface area (Å²) in [5, 5.41) is 0. The van der Waals surface area contributed by atoms with Crippen molar-refractivity contribution < 1.29 is 21.9 Å². The summed E-state index contributed by atoms with van der Waals surface area (Å²) in [6.45, 7) is 0. The highest BCUT2D eigenvalue weighted by Crippen LogP contribution is 2.28. The van der Waals surface area contributed by atoms with E-state index in [2.05, 4.69) is 20.7 Å². The van der Waals surface area contributed by atoms with Crippen LogP contribution in [0.25, 0.3) is 0 Å². The number of hydrogen-bond acceptors (Lipinski definition) is 3. The van der Waals surface area contributed by atoms with Crippen LogP contribution in [0.4, 0.5) is 14.5 Å².